The highest BCUT2D eigenvalue weighted by Gasteiger charge is 2.29. The highest BCUT2D eigenvalue weighted by molar-refractivity contribution is 7.92. The molecule has 0 aliphatic rings. The molecular weight excluding hydrogens is 312 g/mol. The first-order valence-corrected chi connectivity index (χ1v) is 9.79. The molecule has 130 valence electrons. The number of nitrogens with one attached hydrogen (secondary N) is 1. The molecule has 0 saturated carbocycles. The van der Waals surface area contributed by atoms with Crippen LogP contribution in [0.3, 0.4) is 0 Å². The molecule has 5 nitrogen and oxygen atoms in total. The van der Waals surface area contributed by atoms with Crippen LogP contribution in [-0.2, 0) is 14.8 Å². The van der Waals surface area contributed by atoms with Gasteiger partial charge >= 0.3 is 0 Å². The van der Waals surface area contributed by atoms with Crippen LogP contribution < -0.4 is 9.62 Å². The van der Waals surface area contributed by atoms with Crippen molar-refractivity contribution >= 4 is 21.6 Å². The van der Waals surface area contributed by atoms with E-state index in [-0.39, 0.29) is 11.9 Å². The Morgan fingerprint density at radius 2 is 1.83 bits per heavy atom. The van der Waals surface area contributed by atoms with Gasteiger partial charge in [-0.2, -0.15) is 0 Å². The maximum absolute atomic E-state index is 12.4. The summed E-state index contributed by atoms with van der Waals surface area (Å²) < 4.78 is 25.7. The van der Waals surface area contributed by atoms with Gasteiger partial charge in [-0.25, -0.2) is 8.42 Å². The van der Waals surface area contributed by atoms with Crippen LogP contribution in [0.4, 0.5) is 5.69 Å². The Morgan fingerprint density at radius 1 is 1.22 bits per heavy atom. The summed E-state index contributed by atoms with van der Waals surface area (Å²) in [5, 5.41) is 2.88. The van der Waals surface area contributed by atoms with Crippen LogP contribution in [0, 0.1) is 13.8 Å². The number of hydrogen-bond acceptors (Lipinski definition) is 3. The first-order chi connectivity index (χ1) is 10.6. The number of rotatable bonds is 7. The Hall–Kier alpha value is -1.56. The molecule has 0 fully saturated rings. The third kappa shape index (κ3) is 5.23. The van der Waals surface area contributed by atoms with Crippen LogP contribution in [0.25, 0.3) is 0 Å². The van der Waals surface area contributed by atoms with Crippen LogP contribution in [0.5, 0.6) is 0 Å². The standard InChI is InChI=1S/C17H28N2O3S/c1-7-8-14(4)18-17(20)15(5)19(23(6,21)22)16-10-9-12(2)13(3)11-16/h9-11,14-15H,7-8H2,1-6H3,(H,18,20)/t14-,15-/m0/s1. The van der Waals surface area contributed by atoms with Crippen molar-refractivity contribution in [2.75, 3.05) is 10.6 Å². The maximum Gasteiger partial charge on any atom is 0.243 e. The van der Waals surface area contributed by atoms with Crippen molar-refractivity contribution < 1.29 is 13.2 Å². The molecule has 0 unspecified atom stereocenters. The number of amides is 1. The minimum absolute atomic E-state index is 0.0242. The van der Waals surface area contributed by atoms with E-state index in [1.54, 1.807) is 19.1 Å². The molecule has 0 bridgehead atoms. The fourth-order valence-corrected chi connectivity index (χ4v) is 3.71. The summed E-state index contributed by atoms with van der Waals surface area (Å²) in [4.78, 5) is 12.4. The normalized spacial score (nSPS) is 14.2. The summed E-state index contributed by atoms with van der Waals surface area (Å²) in [5.41, 5.74) is 2.58. The minimum atomic E-state index is -3.57. The second-order valence-electron chi connectivity index (χ2n) is 6.20. The van der Waals surface area contributed by atoms with Crippen molar-refractivity contribution in [3.8, 4) is 0 Å². The highest BCUT2D eigenvalue weighted by atomic mass is 32.2. The van der Waals surface area contributed by atoms with Gasteiger partial charge in [0.25, 0.3) is 0 Å². The predicted octanol–water partition coefficient (Wildman–Crippen LogP) is 2.76. The van der Waals surface area contributed by atoms with Gasteiger partial charge < -0.3 is 5.32 Å². The Kier molecular flexibility index (Phi) is 6.62. The molecule has 0 heterocycles. The van der Waals surface area contributed by atoms with Gasteiger partial charge in [-0.1, -0.05) is 19.4 Å². The second kappa shape index (κ2) is 7.81. The zero-order chi connectivity index (χ0) is 17.8. The van der Waals surface area contributed by atoms with Crippen molar-refractivity contribution in [2.45, 2.75) is 59.5 Å². The largest absolute Gasteiger partial charge is 0.352 e. The summed E-state index contributed by atoms with van der Waals surface area (Å²) >= 11 is 0. The summed E-state index contributed by atoms with van der Waals surface area (Å²) in [6, 6.07) is 4.63. The second-order valence-corrected chi connectivity index (χ2v) is 8.06. The average molecular weight is 340 g/mol. The Bertz CT molecular complexity index is 656. The number of anilines is 1. The van der Waals surface area contributed by atoms with Crippen LogP contribution in [0.2, 0.25) is 0 Å². The molecule has 1 N–H and O–H groups in total. The molecular formula is C17H28N2O3S. The van der Waals surface area contributed by atoms with Crippen molar-refractivity contribution in [3.63, 3.8) is 0 Å². The first-order valence-electron chi connectivity index (χ1n) is 7.95. The molecule has 23 heavy (non-hydrogen) atoms. The number of hydrogen-bond donors (Lipinski definition) is 1. The number of benzene rings is 1. The minimum Gasteiger partial charge on any atom is -0.352 e. The summed E-state index contributed by atoms with van der Waals surface area (Å²) in [7, 11) is -3.57. The molecule has 6 heteroatoms. The number of carbonyl (C=O) groups is 1. The Balaban J connectivity index is 3.12. The van der Waals surface area contributed by atoms with Crippen molar-refractivity contribution in [1.29, 1.82) is 0 Å². The van der Waals surface area contributed by atoms with Crippen LogP contribution in [-0.4, -0.2) is 32.7 Å². The van der Waals surface area contributed by atoms with Gasteiger partial charge in [0, 0.05) is 6.04 Å². The Labute approximate surface area is 140 Å². The van der Waals surface area contributed by atoms with E-state index in [4.69, 9.17) is 0 Å². The third-order valence-corrected chi connectivity index (χ3v) is 5.19. The zero-order valence-electron chi connectivity index (χ0n) is 14.9. The van der Waals surface area contributed by atoms with Crippen LogP contribution >= 0.6 is 0 Å². The van der Waals surface area contributed by atoms with E-state index in [1.807, 2.05) is 33.8 Å². The molecule has 0 radical (unpaired) electrons. The van der Waals surface area contributed by atoms with E-state index in [2.05, 4.69) is 5.32 Å². The number of sulfonamides is 1. The van der Waals surface area contributed by atoms with Gasteiger partial charge in [-0.15, -0.1) is 0 Å². The number of carbonyl (C=O) groups excluding carboxylic acids is 1. The molecule has 0 aliphatic heterocycles. The first kappa shape index (κ1) is 19.5. The molecule has 0 spiro atoms. The van der Waals surface area contributed by atoms with Crippen molar-refractivity contribution in [2.24, 2.45) is 0 Å². The van der Waals surface area contributed by atoms with Gasteiger partial charge in [0.05, 0.1) is 11.9 Å². The fraction of sp³-hybridized carbons (Fsp3) is 0.588. The predicted molar refractivity (Wildman–Crippen MR) is 95.2 cm³/mol. The van der Waals surface area contributed by atoms with E-state index in [0.717, 1.165) is 30.2 Å². The van der Waals surface area contributed by atoms with E-state index in [0.29, 0.717) is 5.69 Å². The highest BCUT2D eigenvalue weighted by Crippen LogP contribution is 2.23. The van der Waals surface area contributed by atoms with Crippen LogP contribution in [0.1, 0.15) is 44.7 Å². The Morgan fingerprint density at radius 3 is 2.30 bits per heavy atom. The average Bonchev–Trinajstić information content (AvgIpc) is 2.41. The smallest absolute Gasteiger partial charge is 0.243 e. The lowest BCUT2D eigenvalue weighted by molar-refractivity contribution is -0.122. The monoisotopic (exact) mass is 340 g/mol. The molecule has 0 saturated heterocycles. The number of aryl methyl sites for hydroxylation is 2. The van der Waals surface area contributed by atoms with E-state index in [1.165, 1.54) is 4.31 Å². The van der Waals surface area contributed by atoms with Crippen molar-refractivity contribution in [1.82, 2.24) is 5.32 Å². The molecule has 1 aromatic rings. The SMILES string of the molecule is CCC[C@H](C)NC(=O)[C@H](C)N(c1ccc(C)c(C)c1)S(C)(=O)=O. The van der Waals surface area contributed by atoms with E-state index >= 15 is 0 Å². The third-order valence-electron chi connectivity index (χ3n) is 3.94. The van der Waals surface area contributed by atoms with Gasteiger partial charge in [0.2, 0.25) is 15.9 Å². The quantitative estimate of drug-likeness (QED) is 0.830. The summed E-state index contributed by atoms with van der Waals surface area (Å²) in [5.74, 6) is -0.283. The van der Waals surface area contributed by atoms with Gasteiger partial charge in [-0.3, -0.25) is 9.10 Å². The van der Waals surface area contributed by atoms with Gasteiger partial charge in [-0.05, 0) is 57.4 Å². The number of nitrogens with zero attached hydrogens (tertiary/aromatic N) is 1. The van der Waals surface area contributed by atoms with Gasteiger partial charge in [0.15, 0.2) is 0 Å². The van der Waals surface area contributed by atoms with Gasteiger partial charge in [0.1, 0.15) is 6.04 Å². The molecule has 1 aromatic carbocycles. The summed E-state index contributed by atoms with van der Waals surface area (Å²) in [6.07, 6.45) is 2.95. The zero-order valence-corrected chi connectivity index (χ0v) is 15.7. The van der Waals surface area contributed by atoms with E-state index < -0.39 is 16.1 Å². The lowest BCUT2D eigenvalue weighted by Crippen LogP contribution is -2.49. The lowest BCUT2D eigenvalue weighted by atomic mass is 10.1. The summed E-state index contributed by atoms with van der Waals surface area (Å²) in [6.45, 7) is 9.48. The van der Waals surface area contributed by atoms with E-state index in [9.17, 15) is 13.2 Å². The van der Waals surface area contributed by atoms with Crippen molar-refractivity contribution in [3.05, 3.63) is 29.3 Å². The lowest BCUT2D eigenvalue weighted by Gasteiger charge is -2.29. The molecule has 2 atom stereocenters. The van der Waals surface area contributed by atoms with Crippen LogP contribution in [0.15, 0.2) is 18.2 Å². The maximum atomic E-state index is 12.4. The molecule has 0 aromatic heterocycles. The topological polar surface area (TPSA) is 66.5 Å². The molecule has 1 rings (SSSR count). The fourth-order valence-electron chi connectivity index (χ4n) is 2.54. The molecule has 0 aliphatic carbocycles. The molecule has 1 amide bonds.